The first kappa shape index (κ1) is 21.5. The lowest BCUT2D eigenvalue weighted by atomic mass is 9.95. The highest BCUT2D eigenvalue weighted by atomic mass is 16.2. The molecule has 0 radical (unpaired) electrons. The Kier molecular flexibility index (Phi) is 5.30. The molecule has 4 heterocycles. The number of nitrogens with zero attached hydrogens (tertiary/aromatic N) is 4. The molecule has 0 atom stereocenters. The molecule has 0 aliphatic carbocycles. The highest BCUT2D eigenvalue weighted by Crippen LogP contribution is 2.30. The fraction of sp³-hybridized carbons (Fsp3) is 0.259. The zero-order valence-corrected chi connectivity index (χ0v) is 19.2. The molecule has 1 aromatic heterocycles. The molecule has 8 heteroatoms. The van der Waals surface area contributed by atoms with Gasteiger partial charge in [0.05, 0.1) is 13.1 Å². The minimum absolute atomic E-state index is 0.192. The first-order valence-corrected chi connectivity index (χ1v) is 11.9. The number of amides is 4. The predicted octanol–water partition coefficient (Wildman–Crippen LogP) is 3.34. The van der Waals surface area contributed by atoms with Gasteiger partial charge in [0.25, 0.3) is 5.91 Å². The van der Waals surface area contributed by atoms with Crippen molar-refractivity contribution in [1.82, 2.24) is 25.2 Å². The molecular formula is C27H25N5O3. The molecule has 3 aromatic rings. The summed E-state index contributed by atoms with van der Waals surface area (Å²) >= 11 is 0. The zero-order valence-electron chi connectivity index (χ0n) is 19.2. The second-order valence-electron chi connectivity index (χ2n) is 9.20. The number of nitrogens with one attached hydrogen (secondary N) is 1. The quantitative estimate of drug-likeness (QED) is 0.636. The number of hydrazine groups is 1. The summed E-state index contributed by atoms with van der Waals surface area (Å²) in [5.41, 5.74) is 5.32. The number of carbonyl (C=O) groups is 3. The summed E-state index contributed by atoms with van der Waals surface area (Å²) in [6.45, 7) is 3.16. The van der Waals surface area contributed by atoms with Crippen molar-refractivity contribution in [2.24, 2.45) is 0 Å². The normalized spacial score (nSPS) is 18.6. The summed E-state index contributed by atoms with van der Waals surface area (Å²) in [5.74, 6) is -0.513. The van der Waals surface area contributed by atoms with Crippen molar-refractivity contribution >= 4 is 34.2 Å². The van der Waals surface area contributed by atoms with Crippen LogP contribution < -0.4 is 5.32 Å². The van der Waals surface area contributed by atoms with Gasteiger partial charge in [-0.2, -0.15) is 0 Å². The highest BCUT2D eigenvalue weighted by molar-refractivity contribution is 6.02. The standard InChI is InChI=1S/C27H25N5O3/c33-25-9-13-31(27(35)29-25)32-17-21-14-18(4-5-24(21)26(32)34)16-30-11-7-19(8-12-30)22-3-1-2-20-15-28-10-6-23(20)22/h1-7,10,14-15H,8-9,11-13,16-17H2,(H,29,33,35). The molecule has 4 amide bonds. The van der Waals surface area contributed by atoms with E-state index in [1.54, 1.807) is 0 Å². The molecule has 1 saturated heterocycles. The number of imide groups is 1. The van der Waals surface area contributed by atoms with Crippen molar-refractivity contribution in [1.29, 1.82) is 0 Å². The topological polar surface area (TPSA) is 85.9 Å². The molecule has 3 aliphatic rings. The van der Waals surface area contributed by atoms with Gasteiger partial charge < -0.3 is 0 Å². The van der Waals surface area contributed by atoms with Gasteiger partial charge in [0, 0.05) is 49.4 Å². The van der Waals surface area contributed by atoms with E-state index >= 15 is 0 Å². The van der Waals surface area contributed by atoms with Crippen LogP contribution in [-0.4, -0.2) is 57.4 Å². The third-order valence-corrected chi connectivity index (χ3v) is 7.00. The summed E-state index contributed by atoms with van der Waals surface area (Å²) in [5, 5.41) is 7.45. The maximum Gasteiger partial charge on any atom is 0.342 e. The Morgan fingerprint density at radius 3 is 2.69 bits per heavy atom. The van der Waals surface area contributed by atoms with E-state index in [0.29, 0.717) is 12.1 Å². The van der Waals surface area contributed by atoms with Gasteiger partial charge in [-0.25, -0.2) is 14.8 Å². The first-order chi connectivity index (χ1) is 17.1. The van der Waals surface area contributed by atoms with Gasteiger partial charge in [0.1, 0.15) is 0 Å². The Bertz CT molecular complexity index is 1390. The molecule has 1 N–H and O–H groups in total. The monoisotopic (exact) mass is 467 g/mol. The van der Waals surface area contributed by atoms with Crippen molar-refractivity contribution in [3.63, 3.8) is 0 Å². The van der Waals surface area contributed by atoms with E-state index in [2.05, 4.69) is 51.6 Å². The van der Waals surface area contributed by atoms with Crippen LogP contribution in [0.1, 0.15) is 39.9 Å². The molecular weight excluding hydrogens is 442 g/mol. The minimum Gasteiger partial charge on any atom is -0.295 e. The second kappa shape index (κ2) is 8.63. The van der Waals surface area contributed by atoms with Crippen molar-refractivity contribution in [2.45, 2.75) is 25.9 Å². The second-order valence-corrected chi connectivity index (χ2v) is 9.20. The number of pyridine rings is 1. The number of hydrogen-bond acceptors (Lipinski definition) is 5. The molecule has 2 aromatic carbocycles. The molecule has 35 heavy (non-hydrogen) atoms. The van der Waals surface area contributed by atoms with Crippen LogP contribution in [0, 0.1) is 0 Å². The van der Waals surface area contributed by atoms with Gasteiger partial charge in [-0.15, -0.1) is 0 Å². The summed E-state index contributed by atoms with van der Waals surface area (Å²) in [4.78, 5) is 43.2. The van der Waals surface area contributed by atoms with Crippen LogP contribution in [-0.2, 0) is 17.9 Å². The van der Waals surface area contributed by atoms with Gasteiger partial charge in [-0.1, -0.05) is 36.4 Å². The molecule has 0 bridgehead atoms. The van der Waals surface area contributed by atoms with E-state index in [0.717, 1.165) is 42.6 Å². The summed E-state index contributed by atoms with van der Waals surface area (Å²) in [6.07, 6.45) is 7.23. The number of hydrogen-bond donors (Lipinski definition) is 1. The fourth-order valence-electron chi connectivity index (χ4n) is 5.20. The van der Waals surface area contributed by atoms with Gasteiger partial charge in [0.15, 0.2) is 0 Å². The third-order valence-electron chi connectivity index (χ3n) is 7.00. The predicted molar refractivity (Wildman–Crippen MR) is 131 cm³/mol. The van der Waals surface area contributed by atoms with E-state index in [4.69, 9.17) is 0 Å². The van der Waals surface area contributed by atoms with E-state index in [1.807, 2.05) is 24.5 Å². The van der Waals surface area contributed by atoms with E-state index in [1.165, 1.54) is 26.5 Å². The Balaban J connectivity index is 1.15. The third kappa shape index (κ3) is 3.95. The summed E-state index contributed by atoms with van der Waals surface area (Å²) in [7, 11) is 0. The van der Waals surface area contributed by atoms with Crippen LogP contribution >= 0.6 is 0 Å². The molecule has 8 nitrogen and oxygen atoms in total. The number of urea groups is 1. The zero-order chi connectivity index (χ0) is 23.9. The smallest absolute Gasteiger partial charge is 0.295 e. The average molecular weight is 468 g/mol. The minimum atomic E-state index is -0.541. The lowest BCUT2D eigenvalue weighted by molar-refractivity contribution is -0.123. The lowest BCUT2D eigenvalue weighted by Crippen LogP contribution is -2.56. The van der Waals surface area contributed by atoms with Crippen LogP contribution in [0.4, 0.5) is 4.79 Å². The SMILES string of the molecule is O=C1CCN(N2Cc3cc(CN4CC=C(c5cccc6cnccc56)CC4)ccc3C2=O)C(=O)N1. The fourth-order valence-corrected chi connectivity index (χ4v) is 5.20. The molecule has 176 valence electrons. The van der Waals surface area contributed by atoms with E-state index < -0.39 is 6.03 Å². The Hall–Kier alpha value is -4.04. The maximum atomic E-state index is 12.9. The van der Waals surface area contributed by atoms with Crippen LogP contribution in [0.3, 0.4) is 0 Å². The molecule has 0 spiro atoms. The van der Waals surface area contributed by atoms with Crippen molar-refractivity contribution < 1.29 is 14.4 Å². The van der Waals surface area contributed by atoms with E-state index in [9.17, 15) is 14.4 Å². The number of aromatic nitrogens is 1. The van der Waals surface area contributed by atoms with Gasteiger partial charge in [0.2, 0.25) is 5.91 Å². The van der Waals surface area contributed by atoms with Gasteiger partial charge in [-0.3, -0.25) is 24.8 Å². The van der Waals surface area contributed by atoms with Crippen molar-refractivity contribution in [2.75, 3.05) is 19.6 Å². The molecule has 3 aliphatic heterocycles. The Morgan fingerprint density at radius 1 is 0.943 bits per heavy atom. The molecule has 6 rings (SSSR count). The summed E-state index contributed by atoms with van der Waals surface area (Å²) < 4.78 is 0. The van der Waals surface area contributed by atoms with Crippen LogP contribution in [0.15, 0.2) is 60.9 Å². The summed E-state index contributed by atoms with van der Waals surface area (Å²) in [6, 6.07) is 13.8. The van der Waals surface area contributed by atoms with Gasteiger partial charge >= 0.3 is 6.03 Å². The Labute approximate surface area is 202 Å². The van der Waals surface area contributed by atoms with E-state index in [-0.39, 0.29) is 24.8 Å². The van der Waals surface area contributed by atoms with Crippen LogP contribution in [0.2, 0.25) is 0 Å². The van der Waals surface area contributed by atoms with Gasteiger partial charge in [-0.05, 0) is 46.2 Å². The number of rotatable bonds is 4. The Morgan fingerprint density at radius 2 is 1.86 bits per heavy atom. The van der Waals surface area contributed by atoms with Crippen LogP contribution in [0.25, 0.3) is 16.3 Å². The maximum absolute atomic E-state index is 12.9. The lowest BCUT2D eigenvalue weighted by Gasteiger charge is -2.33. The molecule has 0 unspecified atom stereocenters. The average Bonchev–Trinajstić information content (AvgIpc) is 3.19. The van der Waals surface area contributed by atoms with Crippen LogP contribution in [0.5, 0.6) is 0 Å². The number of carbonyl (C=O) groups excluding carboxylic acids is 3. The molecule has 1 fully saturated rings. The largest absolute Gasteiger partial charge is 0.342 e. The number of fused-ring (bicyclic) bond motifs is 2. The van der Waals surface area contributed by atoms with Crippen molar-refractivity contribution in [3.05, 3.63) is 83.2 Å². The highest BCUT2D eigenvalue weighted by Gasteiger charge is 2.36. The molecule has 0 saturated carbocycles. The number of benzene rings is 2. The van der Waals surface area contributed by atoms with Crippen molar-refractivity contribution in [3.8, 4) is 0 Å². The first-order valence-electron chi connectivity index (χ1n) is 11.9.